The number of nitrogens with one attached hydrogen (secondary N) is 1. The minimum atomic E-state index is -3.47. The molecule has 0 heterocycles. The van der Waals surface area contributed by atoms with Gasteiger partial charge in [0.25, 0.3) is 0 Å². The highest BCUT2D eigenvalue weighted by Gasteiger charge is 2.28. The Kier molecular flexibility index (Phi) is 5.63. The fourth-order valence-electron chi connectivity index (χ4n) is 2.99. The van der Waals surface area contributed by atoms with E-state index in [1.165, 1.54) is 18.6 Å². The maximum atomic E-state index is 13.2. The predicted molar refractivity (Wildman–Crippen MR) is 82.9 cm³/mol. The minimum Gasteiger partial charge on any atom is -0.316 e. The Bertz CT molecular complexity index is 585. The summed E-state index contributed by atoms with van der Waals surface area (Å²) in [5.74, 6) is -0.196. The van der Waals surface area contributed by atoms with Gasteiger partial charge in [0.2, 0.25) is 0 Å². The fraction of sp³-hybridized carbons (Fsp3) is 0.600. The number of hydrogen-bond acceptors (Lipinski definition) is 3. The van der Waals surface area contributed by atoms with Crippen molar-refractivity contribution in [2.75, 3.05) is 12.8 Å². The molecule has 1 aliphatic carbocycles. The van der Waals surface area contributed by atoms with Gasteiger partial charge in [-0.05, 0) is 44.0 Å². The minimum absolute atomic E-state index is 0.0239. The van der Waals surface area contributed by atoms with E-state index in [0.717, 1.165) is 31.7 Å². The lowest BCUT2D eigenvalue weighted by molar-refractivity contribution is 0.292. The van der Waals surface area contributed by atoms with Gasteiger partial charge in [-0.3, -0.25) is 0 Å². The molecule has 1 N–H and O–H groups in total. The Hall–Kier alpha value is -0.650. The molecule has 1 atom stereocenters. The van der Waals surface area contributed by atoms with E-state index in [1.807, 2.05) is 0 Å². The molecule has 1 fully saturated rings. The van der Waals surface area contributed by atoms with E-state index in [0.29, 0.717) is 5.92 Å². The molecular weight excluding hydrogens is 313 g/mol. The van der Waals surface area contributed by atoms with Crippen LogP contribution in [-0.4, -0.2) is 27.3 Å². The molecule has 1 unspecified atom stereocenters. The standard InChI is InChI=1S/C15H21ClFNO2S/c1-18-15(11-5-3-2-4-6-11)10-21(19,20)12-7-8-14(17)13(16)9-12/h7-9,11,15,18H,2-6,10H2,1H3. The highest BCUT2D eigenvalue weighted by molar-refractivity contribution is 7.91. The Morgan fingerprint density at radius 2 is 2.00 bits per heavy atom. The van der Waals surface area contributed by atoms with Crippen molar-refractivity contribution in [3.63, 3.8) is 0 Å². The molecule has 0 aromatic heterocycles. The van der Waals surface area contributed by atoms with E-state index in [-0.39, 0.29) is 21.7 Å². The molecule has 118 valence electrons. The van der Waals surface area contributed by atoms with Gasteiger partial charge in [-0.2, -0.15) is 0 Å². The number of hydrogen-bond donors (Lipinski definition) is 1. The monoisotopic (exact) mass is 333 g/mol. The molecule has 0 spiro atoms. The van der Waals surface area contributed by atoms with Crippen LogP contribution in [0.3, 0.4) is 0 Å². The second-order valence-corrected chi connectivity index (χ2v) is 8.09. The maximum absolute atomic E-state index is 13.2. The summed E-state index contributed by atoms with van der Waals surface area (Å²) in [6.07, 6.45) is 5.67. The van der Waals surface area contributed by atoms with Crippen LogP contribution in [0.4, 0.5) is 4.39 Å². The van der Waals surface area contributed by atoms with Crippen LogP contribution in [0.1, 0.15) is 32.1 Å². The highest BCUT2D eigenvalue weighted by atomic mass is 35.5. The van der Waals surface area contributed by atoms with Crippen molar-refractivity contribution in [1.82, 2.24) is 5.32 Å². The van der Waals surface area contributed by atoms with Crippen molar-refractivity contribution < 1.29 is 12.8 Å². The summed E-state index contributed by atoms with van der Waals surface area (Å²) < 4.78 is 38.1. The molecule has 0 radical (unpaired) electrons. The van der Waals surface area contributed by atoms with Crippen LogP contribution in [0.5, 0.6) is 0 Å². The average molecular weight is 334 g/mol. The fourth-order valence-corrected chi connectivity index (χ4v) is 4.92. The summed E-state index contributed by atoms with van der Waals surface area (Å²) in [7, 11) is -1.68. The van der Waals surface area contributed by atoms with Crippen molar-refractivity contribution in [2.45, 2.75) is 43.0 Å². The zero-order valence-electron chi connectivity index (χ0n) is 12.1. The van der Waals surface area contributed by atoms with E-state index < -0.39 is 15.7 Å². The molecule has 0 aliphatic heterocycles. The van der Waals surface area contributed by atoms with Crippen molar-refractivity contribution >= 4 is 21.4 Å². The lowest BCUT2D eigenvalue weighted by Gasteiger charge is -2.29. The van der Waals surface area contributed by atoms with E-state index in [1.54, 1.807) is 7.05 Å². The Labute approximate surface area is 130 Å². The number of halogens is 2. The summed E-state index contributed by atoms with van der Waals surface area (Å²) in [6.45, 7) is 0. The van der Waals surface area contributed by atoms with Gasteiger partial charge in [-0.1, -0.05) is 30.9 Å². The molecule has 21 heavy (non-hydrogen) atoms. The van der Waals surface area contributed by atoms with Gasteiger partial charge < -0.3 is 5.32 Å². The summed E-state index contributed by atoms with van der Waals surface area (Å²) in [4.78, 5) is 0.0879. The van der Waals surface area contributed by atoms with Crippen LogP contribution in [-0.2, 0) is 9.84 Å². The maximum Gasteiger partial charge on any atom is 0.179 e. The van der Waals surface area contributed by atoms with Crippen LogP contribution in [0.15, 0.2) is 23.1 Å². The summed E-state index contributed by atoms with van der Waals surface area (Å²) in [6, 6.07) is 3.51. The molecule has 1 aromatic carbocycles. The smallest absolute Gasteiger partial charge is 0.179 e. The third kappa shape index (κ3) is 4.18. The molecule has 2 rings (SSSR count). The van der Waals surface area contributed by atoms with Crippen LogP contribution in [0.25, 0.3) is 0 Å². The van der Waals surface area contributed by atoms with E-state index >= 15 is 0 Å². The zero-order chi connectivity index (χ0) is 15.5. The summed E-state index contributed by atoms with van der Waals surface area (Å²) >= 11 is 5.68. The van der Waals surface area contributed by atoms with E-state index in [4.69, 9.17) is 11.6 Å². The average Bonchev–Trinajstić information content (AvgIpc) is 2.48. The van der Waals surface area contributed by atoms with Gasteiger partial charge in [-0.15, -0.1) is 0 Å². The normalized spacial score (nSPS) is 18.6. The first-order chi connectivity index (χ1) is 9.94. The molecule has 6 heteroatoms. The predicted octanol–water partition coefficient (Wildman–Crippen LogP) is 3.42. The number of benzene rings is 1. The van der Waals surface area contributed by atoms with Crippen LogP contribution < -0.4 is 5.32 Å². The van der Waals surface area contributed by atoms with Crippen LogP contribution in [0, 0.1) is 11.7 Å². The first-order valence-corrected chi connectivity index (χ1v) is 9.32. The van der Waals surface area contributed by atoms with Gasteiger partial charge in [0.1, 0.15) is 5.82 Å². The van der Waals surface area contributed by atoms with E-state index in [2.05, 4.69) is 5.32 Å². The van der Waals surface area contributed by atoms with Crippen LogP contribution in [0.2, 0.25) is 5.02 Å². The molecule has 3 nitrogen and oxygen atoms in total. The molecule has 0 bridgehead atoms. The largest absolute Gasteiger partial charge is 0.316 e. The second kappa shape index (κ2) is 7.07. The van der Waals surface area contributed by atoms with Gasteiger partial charge in [0.05, 0.1) is 15.7 Å². The quantitative estimate of drug-likeness (QED) is 0.840. The van der Waals surface area contributed by atoms with Crippen molar-refractivity contribution in [3.8, 4) is 0 Å². The lowest BCUT2D eigenvalue weighted by atomic mass is 9.84. The Balaban J connectivity index is 2.16. The van der Waals surface area contributed by atoms with Gasteiger partial charge >= 0.3 is 0 Å². The van der Waals surface area contributed by atoms with Crippen molar-refractivity contribution in [2.24, 2.45) is 5.92 Å². The van der Waals surface area contributed by atoms with Gasteiger partial charge in [0, 0.05) is 6.04 Å². The molecule has 1 saturated carbocycles. The van der Waals surface area contributed by atoms with Crippen molar-refractivity contribution in [1.29, 1.82) is 0 Å². The van der Waals surface area contributed by atoms with Gasteiger partial charge in [-0.25, -0.2) is 12.8 Å². The first-order valence-electron chi connectivity index (χ1n) is 7.29. The summed E-state index contributed by atoms with van der Waals surface area (Å²) in [5.41, 5.74) is 0. The first kappa shape index (κ1) is 16.7. The number of sulfone groups is 1. The molecule has 1 aliphatic rings. The zero-order valence-corrected chi connectivity index (χ0v) is 13.7. The second-order valence-electron chi connectivity index (χ2n) is 5.65. The molecule has 0 amide bonds. The lowest BCUT2D eigenvalue weighted by Crippen LogP contribution is -2.40. The van der Waals surface area contributed by atoms with E-state index in [9.17, 15) is 12.8 Å². The Morgan fingerprint density at radius 3 is 2.57 bits per heavy atom. The van der Waals surface area contributed by atoms with Crippen LogP contribution >= 0.6 is 11.6 Å². The highest BCUT2D eigenvalue weighted by Crippen LogP contribution is 2.28. The Morgan fingerprint density at radius 1 is 1.33 bits per heavy atom. The molecular formula is C15H21ClFNO2S. The third-order valence-electron chi connectivity index (χ3n) is 4.24. The number of rotatable bonds is 5. The van der Waals surface area contributed by atoms with Gasteiger partial charge in [0.15, 0.2) is 9.84 Å². The van der Waals surface area contributed by atoms with Crippen molar-refractivity contribution in [3.05, 3.63) is 29.0 Å². The third-order valence-corrected chi connectivity index (χ3v) is 6.30. The molecule has 1 aromatic rings. The summed E-state index contributed by atoms with van der Waals surface area (Å²) in [5, 5.41) is 2.98. The molecule has 0 saturated heterocycles. The SMILES string of the molecule is CNC(CS(=O)(=O)c1ccc(F)c(Cl)c1)C1CCCCC1. The topological polar surface area (TPSA) is 46.2 Å².